The summed E-state index contributed by atoms with van der Waals surface area (Å²) >= 11 is 0. The molecule has 4 rings (SSSR count). The molecular weight excluding hydrogens is 355 g/mol. The summed E-state index contributed by atoms with van der Waals surface area (Å²) in [5, 5.41) is 14.7. The fourth-order valence-electron chi connectivity index (χ4n) is 4.27. The molecule has 2 aliphatic rings. The van der Waals surface area contributed by atoms with Gasteiger partial charge in [-0.05, 0) is 48.1 Å². The number of nitrogens with one attached hydrogen (secondary N) is 1. The van der Waals surface area contributed by atoms with Gasteiger partial charge in [0.1, 0.15) is 0 Å². The average molecular weight is 372 g/mol. The number of benzene rings is 2. The zero-order chi connectivity index (χ0) is 19.3. The van der Waals surface area contributed by atoms with Crippen LogP contribution in [0.25, 0.3) is 0 Å². The molecule has 1 aliphatic carbocycles. The first kappa shape index (κ1) is 17.6. The number of carboxylic acids is 1. The van der Waals surface area contributed by atoms with E-state index in [2.05, 4.69) is 11.4 Å². The van der Waals surface area contributed by atoms with Crippen LogP contribution in [0.3, 0.4) is 0 Å². The normalized spacial score (nSPS) is 23.5. The van der Waals surface area contributed by atoms with Gasteiger partial charge in [0, 0.05) is 17.2 Å². The van der Waals surface area contributed by atoms with Crippen LogP contribution in [0.1, 0.15) is 51.0 Å². The van der Waals surface area contributed by atoms with E-state index >= 15 is 0 Å². The second kappa shape index (κ2) is 6.15. The van der Waals surface area contributed by atoms with Crippen molar-refractivity contribution in [2.75, 3.05) is 5.32 Å². The first-order valence-electron chi connectivity index (χ1n) is 8.72. The Bertz CT molecular complexity index is 949. The van der Waals surface area contributed by atoms with E-state index in [1.54, 1.807) is 25.1 Å². The van der Waals surface area contributed by atoms with Gasteiger partial charge >= 0.3 is 6.18 Å². The molecule has 27 heavy (non-hydrogen) atoms. The fourth-order valence-corrected chi connectivity index (χ4v) is 4.27. The molecule has 1 heterocycles. The number of rotatable bonds is 2. The van der Waals surface area contributed by atoms with Gasteiger partial charge in [-0.15, -0.1) is 0 Å². The maximum atomic E-state index is 13.1. The van der Waals surface area contributed by atoms with Gasteiger partial charge in [-0.1, -0.05) is 36.4 Å². The molecule has 0 radical (unpaired) electrons. The van der Waals surface area contributed by atoms with Crippen LogP contribution in [-0.4, -0.2) is 5.97 Å². The predicted octanol–water partition coefficient (Wildman–Crippen LogP) is 4.20. The van der Waals surface area contributed by atoms with E-state index in [0.717, 1.165) is 18.1 Å². The first-order chi connectivity index (χ1) is 12.8. The van der Waals surface area contributed by atoms with Crippen molar-refractivity contribution in [1.82, 2.24) is 0 Å². The number of hydrogen-bond acceptors (Lipinski definition) is 3. The van der Waals surface area contributed by atoms with Gasteiger partial charge in [0.2, 0.25) is 0 Å². The van der Waals surface area contributed by atoms with Crippen molar-refractivity contribution in [3.63, 3.8) is 0 Å². The molecule has 0 unspecified atom stereocenters. The minimum Gasteiger partial charge on any atom is -0.545 e. The quantitative estimate of drug-likeness (QED) is 0.804. The lowest BCUT2D eigenvalue weighted by molar-refractivity contribution is -0.255. The lowest BCUT2D eigenvalue weighted by atomic mass is 9.75. The van der Waals surface area contributed by atoms with Crippen LogP contribution < -0.4 is 10.4 Å². The van der Waals surface area contributed by atoms with E-state index in [-0.39, 0.29) is 23.4 Å². The SMILES string of the molecule is Cc1c(C(=O)[O-])ccc2c1N[C@@H](c1cccc(C(F)(F)F)c1)[C@@H]1CC=C[C@H]21. The van der Waals surface area contributed by atoms with Gasteiger partial charge in [-0.3, -0.25) is 0 Å². The third-order valence-corrected chi connectivity index (χ3v) is 5.59. The fraction of sp³-hybridized carbons (Fsp3) is 0.286. The van der Waals surface area contributed by atoms with Crippen LogP contribution in [0.2, 0.25) is 0 Å². The molecule has 2 aromatic rings. The van der Waals surface area contributed by atoms with Crippen LogP contribution in [0, 0.1) is 12.8 Å². The molecule has 1 aliphatic heterocycles. The molecular formula is C21H17F3NO2-. The van der Waals surface area contributed by atoms with Crippen molar-refractivity contribution in [2.45, 2.75) is 31.5 Å². The van der Waals surface area contributed by atoms with Gasteiger partial charge in [-0.2, -0.15) is 13.2 Å². The van der Waals surface area contributed by atoms with E-state index in [0.29, 0.717) is 16.8 Å². The third-order valence-electron chi connectivity index (χ3n) is 5.59. The summed E-state index contributed by atoms with van der Waals surface area (Å²) in [4.78, 5) is 11.4. The molecule has 0 saturated carbocycles. The molecule has 140 valence electrons. The number of anilines is 1. The summed E-state index contributed by atoms with van der Waals surface area (Å²) in [5.41, 5.74) is 2.14. The van der Waals surface area contributed by atoms with Gasteiger partial charge in [0.25, 0.3) is 0 Å². The van der Waals surface area contributed by atoms with Crippen molar-refractivity contribution < 1.29 is 23.1 Å². The van der Waals surface area contributed by atoms with E-state index in [4.69, 9.17) is 0 Å². The highest BCUT2D eigenvalue weighted by Crippen LogP contribution is 2.51. The Labute approximate surface area is 154 Å². The molecule has 6 heteroatoms. The van der Waals surface area contributed by atoms with Crippen LogP contribution in [0.5, 0.6) is 0 Å². The standard InChI is InChI=1S/C21H18F3NO2/c1-11-14(20(26)27)8-9-17-15-6-3-7-16(15)19(25-18(11)17)12-4-2-5-13(10-12)21(22,23)24/h2-6,8-10,15-16,19,25H,7H2,1H3,(H,26,27)/p-1/t15-,16+,19-/m0/s1. The Kier molecular flexibility index (Phi) is 4.02. The molecule has 1 N–H and O–H groups in total. The van der Waals surface area contributed by atoms with Crippen molar-refractivity contribution in [1.29, 1.82) is 0 Å². The largest absolute Gasteiger partial charge is 0.545 e. The Balaban J connectivity index is 1.82. The summed E-state index contributed by atoms with van der Waals surface area (Å²) in [7, 11) is 0. The minimum atomic E-state index is -4.41. The number of carboxylic acid groups (broad SMARTS) is 1. The summed E-state index contributed by atoms with van der Waals surface area (Å²) < 4.78 is 39.4. The van der Waals surface area contributed by atoms with Crippen molar-refractivity contribution in [3.05, 3.63) is 76.4 Å². The lowest BCUT2D eigenvalue weighted by Crippen LogP contribution is -2.31. The number of alkyl halides is 3. The van der Waals surface area contributed by atoms with E-state index < -0.39 is 17.7 Å². The molecule has 2 aromatic carbocycles. The number of allylic oxidation sites excluding steroid dienone is 2. The molecule has 3 nitrogen and oxygen atoms in total. The number of hydrogen-bond donors (Lipinski definition) is 1. The van der Waals surface area contributed by atoms with Crippen LogP contribution in [0.15, 0.2) is 48.6 Å². The minimum absolute atomic E-state index is 0.0373. The lowest BCUT2D eigenvalue weighted by Gasteiger charge is -2.39. The Morgan fingerprint density at radius 3 is 2.70 bits per heavy atom. The number of carbonyl (C=O) groups is 1. The van der Waals surface area contributed by atoms with Crippen molar-refractivity contribution in [3.8, 4) is 0 Å². The second-order valence-corrected chi connectivity index (χ2v) is 7.09. The van der Waals surface area contributed by atoms with Gasteiger partial charge < -0.3 is 15.2 Å². The average Bonchev–Trinajstić information content (AvgIpc) is 3.10. The van der Waals surface area contributed by atoms with Crippen LogP contribution in [0.4, 0.5) is 18.9 Å². The number of carbonyl (C=O) groups excluding carboxylic acids is 1. The molecule has 0 spiro atoms. The first-order valence-corrected chi connectivity index (χ1v) is 8.72. The summed E-state index contributed by atoms with van der Waals surface area (Å²) in [6.07, 6.45) is 0.436. The molecule has 3 atom stereocenters. The molecule has 0 fully saturated rings. The van der Waals surface area contributed by atoms with E-state index in [1.807, 2.05) is 6.08 Å². The summed E-state index contributed by atoms with van der Waals surface area (Å²) in [6.45, 7) is 1.69. The monoisotopic (exact) mass is 372 g/mol. The Morgan fingerprint density at radius 2 is 2.00 bits per heavy atom. The highest BCUT2D eigenvalue weighted by atomic mass is 19.4. The van der Waals surface area contributed by atoms with Gasteiger partial charge in [0.05, 0.1) is 17.6 Å². The smallest absolute Gasteiger partial charge is 0.416 e. The van der Waals surface area contributed by atoms with Crippen LogP contribution in [-0.2, 0) is 6.18 Å². The van der Waals surface area contributed by atoms with Crippen molar-refractivity contribution >= 4 is 11.7 Å². The van der Waals surface area contributed by atoms with E-state index in [1.165, 1.54) is 12.1 Å². The number of fused-ring (bicyclic) bond motifs is 3. The second-order valence-electron chi connectivity index (χ2n) is 7.09. The third kappa shape index (κ3) is 2.89. The van der Waals surface area contributed by atoms with Gasteiger partial charge in [0.15, 0.2) is 0 Å². The van der Waals surface area contributed by atoms with Crippen molar-refractivity contribution in [2.24, 2.45) is 5.92 Å². The molecule has 0 amide bonds. The molecule has 0 saturated heterocycles. The summed E-state index contributed by atoms with van der Waals surface area (Å²) in [5.74, 6) is -1.15. The predicted molar refractivity (Wildman–Crippen MR) is 93.3 cm³/mol. The Hall–Kier alpha value is -2.76. The maximum absolute atomic E-state index is 13.1. The zero-order valence-corrected chi connectivity index (χ0v) is 14.5. The van der Waals surface area contributed by atoms with Crippen LogP contribution >= 0.6 is 0 Å². The highest BCUT2D eigenvalue weighted by Gasteiger charge is 2.39. The topological polar surface area (TPSA) is 52.2 Å². The molecule has 0 aromatic heterocycles. The summed E-state index contributed by atoms with van der Waals surface area (Å²) in [6, 6.07) is 8.31. The maximum Gasteiger partial charge on any atom is 0.416 e. The number of aromatic carboxylic acids is 1. The Morgan fingerprint density at radius 1 is 1.22 bits per heavy atom. The molecule has 0 bridgehead atoms. The number of halogens is 3. The zero-order valence-electron chi connectivity index (χ0n) is 14.5. The highest BCUT2D eigenvalue weighted by molar-refractivity contribution is 5.90. The van der Waals surface area contributed by atoms with Gasteiger partial charge in [-0.25, -0.2) is 0 Å². The van der Waals surface area contributed by atoms with E-state index in [9.17, 15) is 23.1 Å².